The molecule has 2 N–H and O–H groups in total. The topological polar surface area (TPSA) is 61.8 Å². The lowest BCUT2D eigenvalue weighted by Crippen LogP contribution is -2.55. The third-order valence-corrected chi connectivity index (χ3v) is 3.85. The van der Waals surface area contributed by atoms with E-state index in [1.54, 1.807) is 24.3 Å². The van der Waals surface area contributed by atoms with Gasteiger partial charge in [-0.1, -0.05) is 0 Å². The van der Waals surface area contributed by atoms with Gasteiger partial charge in [0.25, 0.3) is 0 Å². The number of piperidine rings is 1. The van der Waals surface area contributed by atoms with E-state index in [1.165, 1.54) is 7.11 Å². The van der Waals surface area contributed by atoms with Gasteiger partial charge in [0.05, 0.1) is 13.2 Å². The summed E-state index contributed by atoms with van der Waals surface area (Å²) in [7, 11) is 1.50. The number of aliphatic hydroxyl groups is 1. The van der Waals surface area contributed by atoms with Crippen LogP contribution in [0.5, 0.6) is 5.75 Å². The van der Waals surface area contributed by atoms with Crippen LogP contribution in [-0.2, 0) is 0 Å². The van der Waals surface area contributed by atoms with E-state index in [-0.39, 0.29) is 13.0 Å². The maximum absolute atomic E-state index is 12.8. The first-order valence-corrected chi connectivity index (χ1v) is 7.29. The van der Waals surface area contributed by atoms with Gasteiger partial charge in [-0.3, -0.25) is 0 Å². The molecular weight excluding hydrogens is 313 g/mol. The summed E-state index contributed by atoms with van der Waals surface area (Å²) in [5.74, 6) is 0.603. The van der Waals surface area contributed by atoms with Crippen molar-refractivity contribution in [2.45, 2.75) is 37.6 Å². The van der Waals surface area contributed by atoms with E-state index in [2.05, 4.69) is 5.32 Å². The van der Waals surface area contributed by atoms with E-state index < -0.39 is 24.4 Å². The Morgan fingerprint density at radius 1 is 1.35 bits per heavy atom. The number of nitrogens with one attached hydrogen (secondary N) is 1. The Bertz CT molecular complexity index is 534. The zero-order valence-corrected chi connectivity index (χ0v) is 12.6. The molecule has 1 saturated heterocycles. The predicted molar refractivity (Wildman–Crippen MR) is 78.4 cm³/mol. The van der Waals surface area contributed by atoms with Gasteiger partial charge in [-0.25, -0.2) is 4.79 Å². The molecule has 1 aromatic carbocycles. The number of carbonyl (C=O) groups excluding carboxylic acids is 1. The maximum Gasteiger partial charge on any atom is 0.416 e. The number of hydrogen-bond acceptors (Lipinski definition) is 3. The SMILES string of the molecule is COc1ccc(NC(=O)N2CCCC[C@H]2[C@@H](O)C(F)(F)F)cc1. The van der Waals surface area contributed by atoms with Gasteiger partial charge in [0, 0.05) is 12.2 Å². The van der Waals surface area contributed by atoms with Gasteiger partial charge in [-0.2, -0.15) is 13.2 Å². The summed E-state index contributed by atoms with van der Waals surface area (Å²) in [4.78, 5) is 13.3. The Balaban J connectivity index is 2.08. The number of aliphatic hydroxyl groups excluding tert-OH is 1. The first-order chi connectivity index (χ1) is 10.8. The first-order valence-electron chi connectivity index (χ1n) is 7.29. The van der Waals surface area contributed by atoms with Crippen molar-refractivity contribution in [2.24, 2.45) is 0 Å². The number of nitrogens with zero attached hydrogens (tertiary/aromatic N) is 1. The van der Waals surface area contributed by atoms with Crippen LogP contribution < -0.4 is 10.1 Å². The van der Waals surface area contributed by atoms with Crippen molar-refractivity contribution < 1.29 is 27.8 Å². The standard InChI is InChI=1S/C15H19F3N2O3/c1-23-11-7-5-10(6-8-11)19-14(22)20-9-3-2-4-12(20)13(21)15(16,17)18/h5-8,12-13,21H,2-4,9H2,1H3,(H,19,22)/t12-,13+/m0/s1. The van der Waals surface area contributed by atoms with Gasteiger partial charge >= 0.3 is 12.2 Å². The van der Waals surface area contributed by atoms with Crippen molar-refractivity contribution in [3.63, 3.8) is 0 Å². The van der Waals surface area contributed by atoms with E-state index in [4.69, 9.17) is 4.74 Å². The molecule has 8 heteroatoms. The molecule has 2 rings (SSSR count). The molecule has 1 aliphatic rings. The largest absolute Gasteiger partial charge is 0.497 e. The number of hydrogen-bond donors (Lipinski definition) is 2. The highest BCUT2D eigenvalue weighted by Gasteiger charge is 2.47. The molecule has 2 amide bonds. The third-order valence-electron chi connectivity index (χ3n) is 3.85. The summed E-state index contributed by atoms with van der Waals surface area (Å²) in [5, 5.41) is 12.1. The molecule has 0 bridgehead atoms. The normalized spacial score (nSPS) is 20.0. The lowest BCUT2D eigenvalue weighted by Gasteiger charge is -2.38. The zero-order chi connectivity index (χ0) is 17.0. The number of halogens is 3. The highest BCUT2D eigenvalue weighted by molar-refractivity contribution is 5.89. The van der Waals surface area contributed by atoms with Gasteiger partial charge in [0.2, 0.25) is 0 Å². The number of carbonyl (C=O) groups is 1. The number of likely N-dealkylation sites (tertiary alicyclic amines) is 1. The van der Waals surface area contributed by atoms with Crippen LogP contribution in [0.3, 0.4) is 0 Å². The molecule has 0 aliphatic carbocycles. The maximum atomic E-state index is 12.8. The fourth-order valence-electron chi connectivity index (χ4n) is 2.63. The van der Waals surface area contributed by atoms with Gasteiger partial charge in [0.1, 0.15) is 5.75 Å². The molecule has 0 saturated carbocycles. The van der Waals surface area contributed by atoms with E-state index in [0.717, 1.165) is 4.90 Å². The van der Waals surface area contributed by atoms with Crippen LogP contribution in [0.2, 0.25) is 0 Å². The molecule has 23 heavy (non-hydrogen) atoms. The average Bonchev–Trinajstić information content (AvgIpc) is 2.54. The summed E-state index contributed by atoms with van der Waals surface area (Å²) < 4.78 is 43.3. The predicted octanol–water partition coefficient (Wildman–Crippen LogP) is 3.00. The van der Waals surface area contributed by atoms with Crippen LogP contribution in [-0.4, -0.2) is 48.0 Å². The molecule has 1 fully saturated rings. The fourth-order valence-corrected chi connectivity index (χ4v) is 2.63. The van der Waals surface area contributed by atoms with Gasteiger partial charge in [0.15, 0.2) is 6.10 Å². The van der Waals surface area contributed by atoms with Crippen LogP contribution in [0.4, 0.5) is 23.7 Å². The van der Waals surface area contributed by atoms with Crippen molar-refractivity contribution in [1.82, 2.24) is 4.90 Å². The van der Waals surface area contributed by atoms with Crippen molar-refractivity contribution >= 4 is 11.7 Å². The van der Waals surface area contributed by atoms with Crippen molar-refractivity contribution in [3.05, 3.63) is 24.3 Å². The molecule has 1 aliphatic heterocycles. The summed E-state index contributed by atoms with van der Waals surface area (Å²) in [6.07, 6.45) is -6.01. The van der Waals surface area contributed by atoms with Crippen LogP contribution in [0.1, 0.15) is 19.3 Å². The highest BCUT2D eigenvalue weighted by atomic mass is 19.4. The van der Waals surface area contributed by atoms with Crippen LogP contribution in [0.15, 0.2) is 24.3 Å². The quantitative estimate of drug-likeness (QED) is 0.894. The molecule has 1 heterocycles. The van der Waals surface area contributed by atoms with E-state index in [0.29, 0.717) is 24.3 Å². The Morgan fingerprint density at radius 3 is 2.57 bits per heavy atom. The van der Waals surface area contributed by atoms with Crippen molar-refractivity contribution in [3.8, 4) is 5.75 Å². The van der Waals surface area contributed by atoms with E-state index >= 15 is 0 Å². The third kappa shape index (κ3) is 4.28. The number of anilines is 1. The number of methoxy groups -OCH3 is 1. The Morgan fingerprint density at radius 2 is 2.00 bits per heavy atom. The van der Waals surface area contributed by atoms with Gasteiger partial charge < -0.3 is 20.1 Å². The number of benzene rings is 1. The fraction of sp³-hybridized carbons (Fsp3) is 0.533. The molecule has 0 unspecified atom stereocenters. The summed E-state index contributed by atoms with van der Waals surface area (Å²) >= 11 is 0. The zero-order valence-electron chi connectivity index (χ0n) is 12.6. The van der Waals surface area contributed by atoms with Crippen LogP contribution >= 0.6 is 0 Å². The highest BCUT2D eigenvalue weighted by Crippen LogP contribution is 2.30. The Hall–Kier alpha value is -1.96. The van der Waals surface area contributed by atoms with Crippen molar-refractivity contribution in [2.75, 3.05) is 19.0 Å². The minimum absolute atomic E-state index is 0.122. The number of alkyl halides is 3. The van der Waals surface area contributed by atoms with Crippen LogP contribution in [0, 0.1) is 0 Å². The Labute approximate surface area is 132 Å². The molecular formula is C15H19F3N2O3. The number of urea groups is 1. The van der Waals surface area contributed by atoms with Crippen LogP contribution in [0.25, 0.3) is 0 Å². The molecule has 128 valence electrons. The summed E-state index contributed by atoms with van der Waals surface area (Å²) in [5.41, 5.74) is 0.446. The lowest BCUT2D eigenvalue weighted by atomic mass is 9.97. The second kappa shape index (κ2) is 7.08. The molecule has 0 radical (unpaired) electrons. The number of ether oxygens (including phenoxy) is 1. The summed E-state index contributed by atoms with van der Waals surface area (Å²) in [6, 6.07) is 4.54. The number of amides is 2. The molecule has 5 nitrogen and oxygen atoms in total. The van der Waals surface area contributed by atoms with Gasteiger partial charge in [-0.05, 0) is 43.5 Å². The first kappa shape index (κ1) is 17.4. The smallest absolute Gasteiger partial charge is 0.416 e. The lowest BCUT2D eigenvalue weighted by molar-refractivity contribution is -0.221. The molecule has 0 spiro atoms. The van der Waals surface area contributed by atoms with Crippen molar-refractivity contribution in [1.29, 1.82) is 0 Å². The number of rotatable bonds is 3. The monoisotopic (exact) mass is 332 g/mol. The molecule has 1 aromatic rings. The van der Waals surface area contributed by atoms with E-state index in [1.807, 2.05) is 0 Å². The second-order valence-corrected chi connectivity index (χ2v) is 5.40. The molecule has 0 aromatic heterocycles. The minimum Gasteiger partial charge on any atom is -0.497 e. The molecule has 2 atom stereocenters. The minimum atomic E-state index is -4.75. The van der Waals surface area contributed by atoms with Gasteiger partial charge in [-0.15, -0.1) is 0 Å². The average molecular weight is 332 g/mol. The summed E-state index contributed by atoms with van der Waals surface area (Å²) in [6.45, 7) is 0.180. The second-order valence-electron chi connectivity index (χ2n) is 5.40. The Kier molecular flexibility index (Phi) is 5.35. The van der Waals surface area contributed by atoms with E-state index in [9.17, 15) is 23.1 Å².